The molecule has 0 aliphatic rings. The van der Waals surface area contributed by atoms with Crippen molar-refractivity contribution in [2.75, 3.05) is 5.32 Å². The predicted octanol–water partition coefficient (Wildman–Crippen LogP) is 2.28. The summed E-state index contributed by atoms with van der Waals surface area (Å²) < 4.78 is 0. The summed E-state index contributed by atoms with van der Waals surface area (Å²) >= 11 is 0. The molecule has 20 heavy (non-hydrogen) atoms. The molecule has 0 atom stereocenters. The van der Waals surface area contributed by atoms with Crippen molar-refractivity contribution < 1.29 is 9.59 Å². The number of rotatable bonds is 4. The predicted molar refractivity (Wildman–Crippen MR) is 78.5 cm³/mol. The number of hydrogen-bond donors (Lipinski definition) is 2. The largest absolute Gasteiger partial charge is 0.366 e. The van der Waals surface area contributed by atoms with Crippen LogP contribution in [0, 0.1) is 6.92 Å². The minimum Gasteiger partial charge on any atom is -0.366 e. The third-order valence-corrected chi connectivity index (χ3v) is 2.94. The highest BCUT2D eigenvalue weighted by molar-refractivity contribution is 5.95. The molecule has 0 aliphatic carbocycles. The van der Waals surface area contributed by atoms with Crippen LogP contribution in [0.2, 0.25) is 0 Å². The van der Waals surface area contributed by atoms with E-state index in [2.05, 4.69) is 5.32 Å². The first-order chi connectivity index (χ1) is 9.54. The Bertz CT molecular complexity index is 616. The standard InChI is InChI=1S/C16H16N2O2/c1-11-2-4-12(5-3-11)10-15(19)18-14-8-6-13(7-9-14)16(17)20/h2-9H,10H2,1H3,(H2,17,20)(H,18,19). The fraction of sp³-hybridized carbons (Fsp3) is 0.125. The van der Waals surface area contributed by atoms with E-state index in [1.807, 2.05) is 31.2 Å². The minimum atomic E-state index is -0.484. The van der Waals surface area contributed by atoms with Gasteiger partial charge in [0, 0.05) is 11.3 Å². The lowest BCUT2D eigenvalue weighted by Crippen LogP contribution is -2.15. The molecule has 2 aromatic carbocycles. The van der Waals surface area contributed by atoms with Crippen molar-refractivity contribution in [2.24, 2.45) is 5.73 Å². The smallest absolute Gasteiger partial charge is 0.248 e. The van der Waals surface area contributed by atoms with Crippen molar-refractivity contribution >= 4 is 17.5 Å². The van der Waals surface area contributed by atoms with E-state index in [4.69, 9.17) is 5.73 Å². The summed E-state index contributed by atoms with van der Waals surface area (Å²) in [5, 5.41) is 2.78. The second kappa shape index (κ2) is 6.02. The minimum absolute atomic E-state index is 0.0966. The molecule has 3 N–H and O–H groups in total. The molecule has 4 heteroatoms. The van der Waals surface area contributed by atoms with Gasteiger partial charge in [0.25, 0.3) is 0 Å². The Morgan fingerprint density at radius 2 is 1.60 bits per heavy atom. The highest BCUT2D eigenvalue weighted by Crippen LogP contribution is 2.10. The molecule has 0 saturated heterocycles. The van der Waals surface area contributed by atoms with E-state index in [0.29, 0.717) is 17.7 Å². The first kappa shape index (κ1) is 13.8. The van der Waals surface area contributed by atoms with Crippen molar-refractivity contribution in [1.82, 2.24) is 0 Å². The van der Waals surface area contributed by atoms with Crippen LogP contribution < -0.4 is 11.1 Å². The number of anilines is 1. The van der Waals surface area contributed by atoms with Gasteiger partial charge in [0.2, 0.25) is 11.8 Å². The lowest BCUT2D eigenvalue weighted by atomic mass is 10.1. The molecule has 102 valence electrons. The number of nitrogens with one attached hydrogen (secondary N) is 1. The molecule has 0 spiro atoms. The fourth-order valence-corrected chi connectivity index (χ4v) is 1.81. The van der Waals surface area contributed by atoms with Crippen LogP contribution in [0.4, 0.5) is 5.69 Å². The quantitative estimate of drug-likeness (QED) is 0.892. The summed E-state index contributed by atoms with van der Waals surface area (Å²) in [6.45, 7) is 2.00. The maximum absolute atomic E-state index is 11.9. The van der Waals surface area contributed by atoms with Gasteiger partial charge in [0.1, 0.15) is 0 Å². The molecule has 0 radical (unpaired) electrons. The molecule has 2 rings (SSSR count). The first-order valence-electron chi connectivity index (χ1n) is 6.30. The molecule has 0 heterocycles. The summed E-state index contributed by atoms with van der Waals surface area (Å²) in [5.41, 5.74) is 8.34. The van der Waals surface area contributed by atoms with Crippen LogP contribution in [0.3, 0.4) is 0 Å². The van der Waals surface area contributed by atoms with Crippen LogP contribution in [-0.4, -0.2) is 11.8 Å². The molecule has 0 saturated carbocycles. The summed E-state index contributed by atoms with van der Waals surface area (Å²) in [7, 11) is 0. The maximum atomic E-state index is 11.9. The fourth-order valence-electron chi connectivity index (χ4n) is 1.81. The van der Waals surface area contributed by atoms with Crippen molar-refractivity contribution in [3.8, 4) is 0 Å². The Morgan fingerprint density at radius 3 is 2.15 bits per heavy atom. The Morgan fingerprint density at radius 1 is 1.00 bits per heavy atom. The molecule has 0 aromatic heterocycles. The number of carbonyl (C=O) groups is 2. The van der Waals surface area contributed by atoms with E-state index < -0.39 is 5.91 Å². The van der Waals surface area contributed by atoms with Gasteiger partial charge in [0.15, 0.2) is 0 Å². The molecule has 0 aliphatic heterocycles. The van der Waals surface area contributed by atoms with E-state index in [-0.39, 0.29) is 5.91 Å². The molecular formula is C16H16N2O2. The van der Waals surface area contributed by atoms with Crippen LogP contribution in [0.25, 0.3) is 0 Å². The van der Waals surface area contributed by atoms with Gasteiger partial charge < -0.3 is 11.1 Å². The van der Waals surface area contributed by atoms with Gasteiger partial charge in [-0.1, -0.05) is 29.8 Å². The Hall–Kier alpha value is -2.62. The highest BCUT2D eigenvalue weighted by Gasteiger charge is 2.05. The summed E-state index contributed by atoms with van der Waals surface area (Å²) in [4.78, 5) is 22.8. The van der Waals surface area contributed by atoms with Crippen molar-refractivity contribution in [2.45, 2.75) is 13.3 Å². The number of aryl methyl sites for hydroxylation is 1. The number of carbonyl (C=O) groups excluding carboxylic acids is 2. The van der Waals surface area contributed by atoms with Crippen molar-refractivity contribution in [3.05, 3.63) is 65.2 Å². The lowest BCUT2D eigenvalue weighted by molar-refractivity contribution is -0.115. The maximum Gasteiger partial charge on any atom is 0.248 e. The Kier molecular flexibility index (Phi) is 4.15. The molecule has 0 bridgehead atoms. The van der Waals surface area contributed by atoms with Crippen LogP contribution in [0.15, 0.2) is 48.5 Å². The highest BCUT2D eigenvalue weighted by atomic mass is 16.1. The molecule has 2 amide bonds. The Balaban J connectivity index is 1.97. The van der Waals surface area contributed by atoms with Crippen LogP contribution in [-0.2, 0) is 11.2 Å². The van der Waals surface area contributed by atoms with E-state index in [0.717, 1.165) is 11.1 Å². The van der Waals surface area contributed by atoms with Gasteiger partial charge in [0.05, 0.1) is 6.42 Å². The molecular weight excluding hydrogens is 252 g/mol. The molecule has 0 unspecified atom stereocenters. The third-order valence-electron chi connectivity index (χ3n) is 2.94. The van der Waals surface area contributed by atoms with Gasteiger partial charge in [-0.05, 0) is 36.8 Å². The number of amides is 2. The van der Waals surface area contributed by atoms with E-state index in [1.54, 1.807) is 24.3 Å². The van der Waals surface area contributed by atoms with E-state index in [1.165, 1.54) is 0 Å². The SMILES string of the molecule is Cc1ccc(CC(=O)Nc2ccc(C(N)=O)cc2)cc1. The number of benzene rings is 2. The van der Waals surface area contributed by atoms with Crippen LogP contribution >= 0.6 is 0 Å². The zero-order valence-electron chi connectivity index (χ0n) is 11.2. The van der Waals surface area contributed by atoms with Crippen molar-refractivity contribution in [1.29, 1.82) is 0 Å². The van der Waals surface area contributed by atoms with E-state index in [9.17, 15) is 9.59 Å². The Labute approximate surface area is 117 Å². The molecule has 0 fully saturated rings. The second-order valence-corrected chi connectivity index (χ2v) is 4.65. The number of nitrogens with two attached hydrogens (primary N) is 1. The topological polar surface area (TPSA) is 72.2 Å². The number of primary amides is 1. The van der Waals surface area contributed by atoms with Gasteiger partial charge in [-0.15, -0.1) is 0 Å². The van der Waals surface area contributed by atoms with Crippen LogP contribution in [0.5, 0.6) is 0 Å². The summed E-state index contributed by atoms with van der Waals surface area (Å²) in [6.07, 6.45) is 0.317. The summed E-state index contributed by atoms with van der Waals surface area (Å²) in [6, 6.07) is 14.3. The summed E-state index contributed by atoms with van der Waals surface area (Å²) in [5.74, 6) is -0.580. The normalized spacial score (nSPS) is 10.1. The van der Waals surface area contributed by atoms with Crippen molar-refractivity contribution in [3.63, 3.8) is 0 Å². The number of hydrogen-bond acceptors (Lipinski definition) is 2. The average molecular weight is 268 g/mol. The first-order valence-corrected chi connectivity index (χ1v) is 6.30. The third kappa shape index (κ3) is 3.68. The van der Waals surface area contributed by atoms with Gasteiger partial charge in [-0.3, -0.25) is 9.59 Å². The lowest BCUT2D eigenvalue weighted by Gasteiger charge is -2.06. The van der Waals surface area contributed by atoms with E-state index >= 15 is 0 Å². The monoisotopic (exact) mass is 268 g/mol. The molecule has 4 nitrogen and oxygen atoms in total. The second-order valence-electron chi connectivity index (χ2n) is 4.65. The zero-order valence-corrected chi connectivity index (χ0v) is 11.2. The van der Waals surface area contributed by atoms with Gasteiger partial charge in [-0.25, -0.2) is 0 Å². The zero-order chi connectivity index (χ0) is 14.5. The van der Waals surface area contributed by atoms with Gasteiger partial charge in [-0.2, -0.15) is 0 Å². The average Bonchev–Trinajstić information content (AvgIpc) is 2.42. The van der Waals surface area contributed by atoms with Gasteiger partial charge >= 0.3 is 0 Å². The molecule has 2 aromatic rings. The van der Waals surface area contributed by atoms with Crippen LogP contribution in [0.1, 0.15) is 21.5 Å².